The van der Waals surface area contributed by atoms with Gasteiger partial charge in [-0.15, -0.1) is 11.3 Å². The van der Waals surface area contributed by atoms with Crippen LogP contribution in [0.5, 0.6) is 5.75 Å². The van der Waals surface area contributed by atoms with Crippen molar-refractivity contribution < 1.29 is 4.74 Å². The van der Waals surface area contributed by atoms with Gasteiger partial charge < -0.3 is 9.72 Å². The quantitative estimate of drug-likeness (QED) is 0.254. The lowest BCUT2D eigenvalue weighted by molar-refractivity contribution is 0.231. The smallest absolute Gasteiger partial charge is 0.260 e. The Bertz CT molecular complexity index is 1460. The van der Waals surface area contributed by atoms with Crippen LogP contribution in [0.25, 0.3) is 21.3 Å². The molecule has 1 aliphatic rings. The summed E-state index contributed by atoms with van der Waals surface area (Å²) < 4.78 is 6.54. The van der Waals surface area contributed by atoms with Gasteiger partial charge in [0.25, 0.3) is 5.56 Å². The van der Waals surface area contributed by atoms with Crippen molar-refractivity contribution in [3.05, 3.63) is 93.4 Å². The summed E-state index contributed by atoms with van der Waals surface area (Å²) >= 11 is 1.55. The molecule has 3 aromatic heterocycles. The van der Waals surface area contributed by atoms with E-state index in [1.54, 1.807) is 23.7 Å². The summed E-state index contributed by atoms with van der Waals surface area (Å²) in [4.78, 5) is 21.3. The predicted molar refractivity (Wildman–Crippen MR) is 144 cm³/mol. The lowest BCUT2D eigenvalue weighted by atomic mass is 9.92. The predicted octanol–water partition coefficient (Wildman–Crippen LogP) is 6.96. The Labute approximate surface area is 209 Å². The van der Waals surface area contributed by atoms with E-state index in [1.807, 2.05) is 47.8 Å². The number of allylic oxidation sites excluding steroid dienone is 2. The Morgan fingerprint density at radius 2 is 2.06 bits per heavy atom. The lowest BCUT2D eigenvalue weighted by Crippen LogP contribution is -2.17. The van der Waals surface area contributed by atoms with E-state index in [0.29, 0.717) is 23.8 Å². The van der Waals surface area contributed by atoms with E-state index in [9.17, 15) is 4.79 Å². The summed E-state index contributed by atoms with van der Waals surface area (Å²) in [5.41, 5.74) is 4.45. The maximum Gasteiger partial charge on any atom is 0.260 e. The second kappa shape index (κ2) is 10.8. The van der Waals surface area contributed by atoms with Crippen molar-refractivity contribution in [2.75, 3.05) is 6.61 Å². The molecule has 1 atom stereocenters. The van der Waals surface area contributed by atoms with E-state index in [2.05, 4.69) is 34.8 Å². The number of H-pyrrole nitrogens is 1. The second-order valence-electron chi connectivity index (χ2n) is 9.08. The van der Waals surface area contributed by atoms with Crippen molar-refractivity contribution in [1.82, 2.24) is 9.97 Å². The highest BCUT2D eigenvalue weighted by atomic mass is 32.1. The number of nitrogens with one attached hydrogen (secondary N) is 1. The van der Waals surface area contributed by atoms with Gasteiger partial charge in [-0.3, -0.25) is 9.78 Å². The summed E-state index contributed by atoms with van der Waals surface area (Å²) in [5, 5.41) is 2.87. The molecule has 0 saturated heterocycles. The first-order valence-corrected chi connectivity index (χ1v) is 13.0. The molecule has 1 aliphatic carbocycles. The normalized spacial score (nSPS) is 16.0. The van der Waals surface area contributed by atoms with E-state index in [-0.39, 0.29) is 5.56 Å². The highest BCUT2D eigenvalue weighted by Crippen LogP contribution is 2.36. The van der Waals surface area contributed by atoms with Crippen LogP contribution in [0.15, 0.2) is 76.7 Å². The van der Waals surface area contributed by atoms with Crippen molar-refractivity contribution in [3.63, 3.8) is 0 Å². The summed E-state index contributed by atoms with van der Waals surface area (Å²) in [6.45, 7) is 2.83. The van der Waals surface area contributed by atoms with Gasteiger partial charge in [-0.25, -0.2) is 0 Å². The molecule has 3 heterocycles. The maximum absolute atomic E-state index is 13.2. The van der Waals surface area contributed by atoms with Crippen LogP contribution in [0, 0.1) is 17.8 Å². The first kappa shape index (κ1) is 23.1. The number of aromatic amines is 1. The maximum atomic E-state index is 13.2. The standard InChI is InChI=1S/C30H28N2O2S/c1-21-6-2-8-24(9-3-7-21)20-34-29-25-18-22(12-13-23-10-4-16-31-19-23)14-15-26(25)32-30(33)28(29)27-11-5-17-35-27/h4-6,10-11,14-19,24H,2-3,7-9,20H2,1H3,(H,32,33). The molecule has 0 fully saturated rings. The lowest BCUT2D eigenvalue weighted by Gasteiger charge is -2.21. The Balaban J connectivity index is 1.53. The summed E-state index contributed by atoms with van der Waals surface area (Å²) in [6.07, 6.45) is 11.5. The minimum atomic E-state index is -0.125. The number of aromatic nitrogens is 2. The van der Waals surface area contributed by atoms with Crippen LogP contribution in [0.2, 0.25) is 0 Å². The zero-order chi connectivity index (χ0) is 24.0. The molecule has 0 saturated carbocycles. The van der Waals surface area contributed by atoms with Crippen molar-refractivity contribution in [2.24, 2.45) is 5.92 Å². The van der Waals surface area contributed by atoms with Crippen LogP contribution in [-0.2, 0) is 0 Å². The van der Waals surface area contributed by atoms with Crippen LogP contribution < -0.4 is 10.3 Å². The minimum absolute atomic E-state index is 0.125. The molecule has 4 nitrogen and oxygen atoms in total. The van der Waals surface area contributed by atoms with Crippen LogP contribution in [0.3, 0.4) is 0 Å². The highest BCUT2D eigenvalue weighted by molar-refractivity contribution is 7.13. The van der Waals surface area contributed by atoms with E-state index in [4.69, 9.17) is 4.74 Å². The number of nitrogens with zero attached hydrogens (tertiary/aromatic N) is 1. The molecule has 0 amide bonds. The van der Waals surface area contributed by atoms with Gasteiger partial charge in [-0.05, 0) is 86.7 Å². The molecule has 0 bridgehead atoms. The molecule has 176 valence electrons. The number of fused-ring (bicyclic) bond motifs is 1. The number of pyridine rings is 2. The van der Waals surface area contributed by atoms with Gasteiger partial charge in [-0.2, -0.15) is 0 Å². The van der Waals surface area contributed by atoms with Gasteiger partial charge in [0.1, 0.15) is 5.75 Å². The van der Waals surface area contributed by atoms with E-state index < -0.39 is 0 Å². The molecular formula is C30H28N2O2S. The van der Waals surface area contributed by atoms with Crippen LogP contribution in [0.4, 0.5) is 0 Å². The summed E-state index contributed by atoms with van der Waals surface area (Å²) in [6, 6.07) is 13.6. The fraction of sp³-hybridized carbons (Fsp3) is 0.267. The van der Waals surface area contributed by atoms with Gasteiger partial charge in [-0.1, -0.05) is 29.6 Å². The number of ether oxygens (including phenoxy) is 1. The molecular weight excluding hydrogens is 452 g/mol. The molecule has 1 N–H and O–H groups in total. The van der Waals surface area contributed by atoms with Gasteiger partial charge in [0.2, 0.25) is 0 Å². The van der Waals surface area contributed by atoms with E-state index in [1.165, 1.54) is 12.0 Å². The molecule has 0 radical (unpaired) electrons. The van der Waals surface area contributed by atoms with Crippen LogP contribution in [-0.4, -0.2) is 16.6 Å². The molecule has 5 rings (SSSR count). The van der Waals surface area contributed by atoms with Gasteiger partial charge in [0.15, 0.2) is 0 Å². The van der Waals surface area contributed by atoms with Crippen molar-refractivity contribution >= 4 is 22.2 Å². The Kier molecular flexibility index (Phi) is 7.11. The molecule has 5 heteroatoms. The SMILES string of the molecule is CC1=CCCC(COc2c(-c3cccs3)c(=O)[nH]c3ccc(C#Cc4cccnc4)cc23)CCC1. The molecule has 1 unspecified atom stereocenters. The number of benzene rings is 1. The van der Waals surface area contributed by atoms with Crippen molar-refractivity contribution in [1.29, 1.82) is 0 Å². The van der Waals surface area contributed by atoms with Gasteiger partial charge in [0.05, 0.1) is 17.7 Å². The summed E-state index contributed by atoms with van der Waals surface area (Å²) in [5.74, 6) is 7.53. The monoisotopic (exact) mass is 480 g/mol. The van der Waals surface area contributed by atoms with E-state index >= 15 is 0 Å². The molecule has 1 aromatic carbocycles. The van der Waals surface area contributed by atoms with E-state index in [0.717, 1.165) is 52.6 Å². The third-order valence-electron chi connectivity index (χ3n) is 6.46. The first-order valence-electron chi connectivity index (χ1n) is 12.1. The van der Waals surface area contributed by atoms with Gasteiger partial charge >= 0.3 is 0 Å². The van der Waals surface area contributed by atoms with Crippen LogP contribution >= 0.6 is 11.3 Å². The fourth-order valence-corrected chi connectivity index (χ4v) is 5.33. The largest absolute Gasteiger partial charge is 0.492 e. The molecule has 0 aliphatic heterocycles. The third-order valence-corrected chi connectivity index (χ3v) is 7.35. The number of hydrogen-bond donors (Lipinski definition) is 1. The number of thiophene rings is 1. The van der Waals surface area contributed by atoms with Crippen molar-refractivity contribution in [3.8, 4) is 28.0 Å². The third kappa shape index (κ3) is 5.55. The highest BCUT2D eigenvalue weighted by Gasteiger charge is 2.19. The molecule has 0 spiro atoms. The van der Waals surface area contributed by atoms with Gasteiger partial charge in [0, 0.05) is 33.8 Å². The molecule has 4 aromatic rings. The topological polar surface area (TPSA) is 55.0 Å². The molecule has 35 heavy (non-hydrogen) atoms. The van der Waals surface area contributed by atoms with Crippen molar-refractivity contribution in [2.45, 2.75) is 39.0 Å². The second-order valence-corrected chi connectivity index (χ2v) is 10.0. The average molecular weight is 481 g/mol. The zero-order valence-corrected chi connectivity index (χ0v) is 20.7. The minimum Gasteiger partial charge on any atom is -0.492 e. The fourth-order valence-electron chi connectivity index (χ4n) is 4.57. The first-order chi connectivity index (χ1) is 17.2. The summed E-state index contributed by atoms with van der Waals surface area (Å²) in [7, 11) is 0. The Morgan fingerprint density at radius 1 is 1.14 bits per heavy atom. The Hall–Kier alpha value is -3.62. The van der Waals surface area contributed by atoms with Crippen LogP contribution in [0.1, 0.15) is 50.2 Å². The average Bonchev–Trinajstić information content (AvgIpc) is 3.39. The number of hydrogen-bond acceptors (Lipinski definition) is 4. The zero-order valence-electron chi connectivity index (χ0n) is 19.8. The number of rotatable bonds is 4. The Morgan fingerprint density at radius 3 is 2.89 bits per heavy atom.